The zero-order chi connectivity index (χ0) is 21.9. The molecule has 0 unspecified atom stereocenters. The molecule has 13 heteroatoms. The maximum atomic E-state index is 11.2. The Morgan fingerprint density at radius 3 is 1.66 bits per heavy atom. The molecule has 0 saturated carbocycles. The van der Waals surface area contributed by atoms with Gasteiger partial charge in [0.05, 0.1) is 52.9 Å². The Balaban J connectivity index is 0.000000614. The Bertz CT molecular complexity index is 482. The minimum atomic E-state index is -0.993. The van der Waals surface area contributed by atoms with Gasteiger partial charge in [0.15, 0.2) is 0 Å². The first-order valence-electron chi connectivity index (χ1n) is 8.73. The van der Waals surface area contributed by atoms with E-state index >= 15 is 0 Å². The molecular weight excluding hydrogens is 398 g/mol. The molecule has 1 rings (SSSR count). The van der Waals surface area contributed by atoms with Gasteiger partial charge < -0.3 is 39.1 Å². The number of hydroxylamine groups is 2. The fraction of sp³-hybridized carbons (Fsp3) is 0.750. The Morgan fingerprint density at radius 2 is 1.21 bits per heavy atom. The zero-order valence-corrected chi connectivity index (χ0v) is 15.9. The number of hydrogen-bond acceptors (Lipinski definition) is 11. The second kappa shape index (κ2) is 17.9. The molecule has 168 valence electrons. The third kappa shape index (κ3) is 15.4. The molecule has 3 N–H and O–H groups in total. The van der Waals surface area contributed by atoms with Crippen molar-refractivity contribution in [3.05, 3.63) is 0 Å². The summed E-state index contributed by atoms with van der Waals surface area (Å²) < 4.78 is 19.2. The molecule has 29 heavy (non-hydrogen) atoms. The average molecular weight is 425 g/mol. The summed E-state index contributed by atoms with van der Waals surface area (Å²) in [4.78, 5) is 47.9. The first kappa shape index (κ1) is 26.8. The van der Waals surface area contributed by atoms with Crippen LogP contribution in [0.3, 0.4) is 0 Å². The number of carbonyl (C=O) groups excluding carboxylic acids is 3. The molecule has 0 radical (unpaired) electrons. The molecular formula is C16H27NO12. The van der Waals surface area contributed by atoms with Crippen LogP contribution in [0.25, 0.3) is 0 Å². The van der Waals surface area contributed by atoms with Crippen molar-refractivity contribution >= 4 is 23.8 Å². The van der Waals surface area contributed by atoms with Gasteiger partial charge in [0, 0.05) is 12.8 Å². The van der Waals surface area contributed by atoms with Gasteiger partial charge in [-0.3, -0.25) is 9.59 Å². The first-order valence-corrected chi connectivity index (χ1v) is 8.73. The van der Waals surface area contributed by atoms with Crippen molar-refractivity contribution in [1.29, 1.82) is 0 Å². The molecule has 1 saturated heterocycles. The highest BCUT2D eigenvalue weighted by atomic mass is 16.7. The van der Waals surface area contributed by atoms with E-state index in [9.17, 15) is 19.2 Å². The fourth-order valence-corrected chi connectivity index (χ4v) is 1.67. The number of carboxylic acids is 1. The van der Waals surface area contributed by atoms with Gasteiger partial charge in [-0.05, 0) is 0 Å². The van der Waals surface area contributed by atoms with E-state index in [4.69, 9.17) is 29.5 Å². The molecule has 13 nitrogen and oxygen atoms in total. The molecule has 1 aliphatic heterocycles. The van der Waals surface area contributed by atoms with Crippen LogP contribution < -0.4 is 0 Å². The van der Waals surface area contributed by atoms with Crippen LogP contribution >= 0.6 is 0 Å². The molecule has 1 heterocycles. The lowest BCUT2D eigenvalue weighted by Crippen LogP contribution is -2.33. The largest absolute Gasteiger partial charge is 0.480 e. The summed E-state index contributed by atoms with van der Waals surface area (Å²) in [6.07, 6.45) is 0.115. The van der Waals surface area contributed by atoms with Crippen LogP contribution in [0.5, 0.6) is 0 Å². The highest BCUT2D eigenvalue weighted by Crippen LogP contribution is 2.11. The molecule has 1 aliphatic rings. The van der Waals surface area contributed by atoms with Gasteiger partial charge in [0.25, 0.3) is 11.8 Å². The second-order valence-electron chi connectivity index (χ2n) is 5.22. The highest BCUT2D eigenvalue weighted by Gasteiger charge is 2.32. The minimum absolute atomic E-state index is 0.0288. The lowest BCUT2D eigenvalue weighted by Gasteiger charge is -2.12. The van der Waals surface area contributed by atoms with E-state index in [2.05, 4.69) is 9.57 Å². The van der Waals surface area contributed by atoms with Crippen LogP contribution in [0.4, 0.5) is 0 Å². The number of ether oxygens (including phenoxy) is 4. The number of nitrogens with zero attached hydrogens (tertiary/aromatic N) is 1. The maximum absolute atomic E-state index is 11.2. The predicted molar refractivity (Wildman–Crippen MR) is 92.3 cm³/mol. The second-order valence-corrected chi connectivity index (χ2v) is 5.22. The van der Waals surface area contributed by atoms with E-state index in [1.165, 1.54) is 0 Å². The predicted octanol–water partition coefficient (Wildman–Crippen LogP) is -2.28. The number of hydrogen-bond donors (Lipinski definition) is 3. The third-order valence-corrected chi connectivity index (χ3v) is 2.86. The van der Waals surface area contributed by atoms with Crippen molar-refractivity contribution in [3.8, 4) is 0 Å². The Kier molecular flexibility index (Phi) is 16.6. The van der Waals surface area contributed by atoms with Crippen LogP contribution in [0, 0.1) is 0 Å². The number of imide groups is 1. The topological polar surface area (TPSA) is 178 Å². The van der Waals surface area contributed by atoms with E-state index in [0.717, 1.165) is 0 Å². The average Bonchev–Trinajstić information content (AvgIpc) is 2.99. The Morgan fingerprint density at radius 1 is 0.759 bits per heavy atom. The van der Waals surface area contributed by atoms with Crippen LogP contribution in [-0.2, 0) is 43.0 Å². The number of rotatable bonds is 15. The summed E-state index contributed by atoms with van der Waals surface area (Å²) >= 11 is 0. The standard InChI is InChI=1S/C10H15NO7.C6H12O5/c12-3-4-16-5-6-17-7-10(15)18-11-8(13)1-2-9(11)14;7-1-2-10-3-4-11-5-6(8)9/h12H,1-7H2;7H,1-5H2,(H,8,9). The molecule has 1 fully saturated rings. The summed E-state index contributed by atoms with van der Waals surface area (Å²) in [5, 5.41) is 25.2. The third-order valence-electron chi connectivity index (χ3n) is 2.86. The smallest absolute Gasteiger partial charge is 0.358 e. The normalized spacial score (nSPS) is 13.2. The van der Waals surface area contributed by atoms with E-state index in [1.54, 1.807) is 0 Å². The molecule has 0 spiro atoms. The quantitative estimate of drug-likeness (QED) is 0.189. The Labute approximate surface area is 167 Å². The van der Waals surface area contributed by atoms with Gasteiger partial charge in [0.2, 0.25) is 0 Å². The van der Waals surface area contributed by atoms with Crippen LogP contribution in [-0.4, -0.2) is 110 Å². The van der Waals surface area contributed by atoms with Crippen LogP contribution in [0.2, 0.25) is 0 Å². The monoisotopic (exact) mass is 425 g/mol. The molecule has 0 bridgehead atoms. The molecule has 0 aromatic heterocycles. The molecule has 0 atom stereocenters. The summed E-state index contributed by atoms with van der Waals surface area (Å²) in [5.41, 5.74) is 0. The summed E-state index contributed by atoms with van der Waals surface area (Å²) in [7, 11) is 0. The summed E-state index contributed by atoms with van der Waals surface area (Å²) in [5.74, 6) is -2.87. The lowest BCUT2D eigenvalue weighted by molar-refractivity contribution is -0.200. The van der Waals surface area contributed by atoms with Gasteiger partial charge in [-0.1, -0.05) is 0 Å². The van der Waals surface area contributed by atoms with Crippen molar-refractivity contribution in [1.82, 2.24) is 5.06 Å². The zero-order valence-electron chi connectivity index (χ0n) is 15.9. The lowest BCUT2D eigenvalue weighted by atomic mass is 10.4. The van der Waals surface area contributed by atoms with Gasteiger partial charge in [0.1, 0.15) is 13.2 Å². The minimum Gasteiger partial charge on any atom is -0.480 e. The van der Waals surface area contributed by atoms with Crippen molar-refractivity contribution in [2.45, 2.75) is 12.8 Å². The van der Waals surface area contributed by atoms with Gasteiger partial charge in [-0.15, -0.1) is 5.06 Å². The molecule has 0 aromatic rings. The number of carbonyl (C=O) groups is 4. The highest BCUT2D eigenvalue weighted by molar-refractivity contribution is 6.01. The van der Waals surface area contributed by atoms with E-state index < -0.39 is 23.8 Å². The van der Waals surface area contributed by atoms with Crippen molar-refractivity contribution in [2.75, 3.05) is 66.1 Å². The van der Waals surface area contributed by atoms with Crippen molar-refractivity contribution in [3.63, 3.8) is 0 Å². The van der Waals surface area contributed by atoms with E-state index in [-0.39, 0.29) is 72.3 Å². The van der Waals surface area contributed by atoms with Crippen LogP contribution in [0.15, 0.2) is 0 Å². The molecule has 2 amide bonds. The number of aliphatic hydroxyl groups is 2. The summed E-state index contributed by atoms with van der Waals surface area (Å²) in [6.45, 7) is 0.607. The molecule has 0 aliphatic carbocycles. The van der Waals surface area contributed by atoms with Gasteiger partial charge in [-0.25, -0.2) is 9.59 Å². The Hall–Kier alpha value is -2.16. The fourth-order valence-electron chi connectivity index (χ4n) is 1.67. The van der Waals surface area contributed by atoms with E-state index in [0.29, 0.717) is 11.7 Å². The first-order chi connectivity index (χ1) is 13.9. The SMILES string of the molecule is O=C(COCCOCCO)ON1C(=O)CCC1=O.O=C(O)COCCOCCO. The maximum Gasteiger partial charge on any atom is 0.358 e. The van der Waals surface area contributed by atoms with Crippen LogP contribution in [0.1, 0.15) is 12.8 Å². The number of amides is 2. The van der Waals surface area contributed by atoms with E-state index in [1.807, 2.05) is 0 Å². The number of aliphatic hydroxyl groups excluding tert-OH is 2. The summed E-state index contributed by atoms with van der Waals surface area (Å²) in [6, 6.07) is 0. The number of carboxylic acid groups (broad SMARTS) is 1. The molecule has 0 aromatic carbocycles. The number of aliphatic carboxylic acids is 1. The van der Waals surface area contributed by atoms with Crippen molar-refractivity contribution in [2.24, 2.45) is 0 Å². The van der Waals surface area contributed by atoms with Crippen molar-refractivity contribution < 1.29 is 58.3 Å². The van der Waals surface area contributed by atoms with Gasteiger partial charge in [-0.2, -0.15) is 0 Å². The van der Waals surface area contributed by atoms with Gasteiger partial charge >= 0.3 is 11.9 Å².